The Morgan fingerprint density at radius 2 is 1.80 bits per heavy atom. The normalized spacial score (nSPS) is 22.3. The number of carboxylic acid groups (broad SMARTS) is 1. The summed E-state index contributed by atoms with van der Waals surface area (Å²) in [6.45, 7) is -0.178. The maximum Gasteiger partial charge on any atom is 0.306 e. The van der Waals surface area contributed by atoms with Gasteiger partial charge >= 0.3 is 5.97 Å². The molecule has 41 heavy (non-hydrogen) atoms. The molecule has 3 N–H and O–H groups in total. The van der Waals surface area contributed by atoms with Gasteiger partial charge in [0.05, 0.1) is 29.6 Å². The third kappa shape index (κ3) is 6.48. The number of hydrogen-bond acceptors (Lipinski definition) is 5. The summed E-state index contributed by atoms with van der Waals surface area (Å²) in [5.41, 5.74) is 1.16. The first-order chi connectivity index (χ1) is 19.7. The van der Waals surface area contributed by atoms with Crippen molar-refractivity contribution in [2.75, 3.05) is 11.9 Å². The van der Waals surface area contributed by atoms with Gasteiger partial charge in [-0.15, -0.1) is 0 Å². The molecule has 3 aromatic rings. The van der Waals surface area contributed by atoms with E-state index in [0.717, 1.165) is 5.39 Å². The van der Waals surface area contributed by atoms with Crippen LogP contribution in [-0.4, -0.2) is 63.5 Å². The Hall–Kier alpha value is -4.05. The number of carbonyl (C=O) groups is 4. The molecule has 1 aliphatic carbocycles. The first kappa shape index (κ1) is 28.5. The molecule has 9 nitrogen and oxygen atoms in total. The molecule has 3 amide bonds. The molecule has 2 heterocycles. The highest BCUT2D eigenvalue weighted by molar-refractivity contribution is 6.34. The molecule has 1 aliphatic heterocycles. The fourth-order valence-electron chi connectivity index (χ4n) is 5.62. The number of benzene rings is 2. The number of pyridine rings is 1. The molecule has 2 aromatic carbocycles. The maximum absolute atomic E-state index is 14.4. The summed E-state index contributed by atoms with van der Waals surface area (Å²) in [4.78, 5) is 55.8. The van der Waals surface area contributed by atoms with Crippen LogP contribution in [0.1, 0.15) is 48.2 Å². The lowest BCUT2D eigenvalue weighted by atomic mass is 9.86. The lowest BCUT2D eigenvalue weighted by molar-refractivity contribution is -0.143. The van der Waals surface area contributed by atoms with E-state index < -0.39 is 41.8 Å². The first-order valence-corrected chi connectivity index (χ1v) is 14.0. The molecular formula is C30H30ClFN4O5. The van der Waals surface area contributed by atoms with Crippen molar-refractivity contribution in [3.8, 4) is 0 Å². The molecule has 1 saturated heterocycles. The number of carbonyl (C=O) groups excluding carboxylic acids is 3. The Balaban J connectivity index is 1.21. The SMILES string of the molecule is O=C(Nc1ccc(CC(=O)N2C[C@@H](F)C[C@H]2C(=O)NC2CCC(C(=O)O)CC2)cc1Cl)c1nccc2ccccc12. The van der Waals surface area contributed by atoms with Crippen molar-refractivity contribution in [2.45, 2.75) is 56.8 Å². The van der Waals surface area contributed by atoms with Gasteiger partial charge in [-0.1, -0.05) is 41.9 Å². The van der Waals surface area contributed by atoms with Crippen LogP contribution >= 0.6 is 11.6 Å². The second-order valence-corrected chi connectivity index (χ2v) is 11.0. The molecule has 0 spiro atoms. The van der Waals surface area contributed by atoms with Crippen molar-refractivity contribution >= 4 is 51.8 Å². The standard InChI is InChI=1S/C30H30ClFN4O5/c31-23-13-17(5-10-24(23)35-29(39)27-22-4-2-1-3-18(22)11-12-33-27)14-26(37)36-16-20(32)15-25(36)28(38)34-21-8-6-19(7-9-21)30(40)41/h1-5,10-13,19-21,25H,6-9,14-16H2,(H,34,38)(H,35,39)(H,40,41)/t19?,20-,21?,25-/m0/s1. The lowest BCUT2D eigenvalue weighted by Crippen LogP contribution is -2.50. The molecule has 11 heteroatoms. The van der Waals surface area contributed by atoms with E-state index in [1.54, 1.807) is 24.4 Å². The number of aromatic nitrogens is 1. The Morgan fingerprint density at radius 1 is 1.05 bits per heavy atom. The van der Waals surface area contributed by atoms with E-state index in [1.165, 1.54) is 4.90 Å². The van der Waals surface area contributed by atoms with Crippen molar-refractivity contribution in [3.63, 3.8) is 0 Å². The second kappa shape index (κ2) is 12.2. The van der Waals surface area contributed by atoms with Crippen molar-refractivity contribution < 1.29 is 28.7 Å². The largest absolute Gasteiger partial charge is 0.481 e. The summed E-state index contributed by atoms with van der Waals surface area (Å²) >= 11 is 6.44. The van der Waals surface area contributed by atoms with Crippen LogP contribution in [0.4, 0.5) is 10.1 Å². The Morgan fingerprint density at radius 3 is 2.54 bits per heavy atom. The Kier molecular flexibility index (Phi) is 8.49. The van der Waals surface area contributed by atoms with Gasteiger partial charge in [-0.3, -0.25) is 24.2 Å². The third-order valence-corrected chi connectivity index (χ3v) is 8.13. The van der Waals surface area contributed by atoms with Crippen molar-refractivity contribution in [1.29, 1.82) is 0 Å². The summed E-state index contributed by atoms with van der Waals surface area (Å²) in [5.74, 6) is -2.50. The van der Waals surface area contributed by atoms with Crippen LogP contribution in [0.2, 0.25) is 5.02 Å². The predicted molar refractivity (Wildman–Crippen MR) is 151 cm³/mol. The summed E-state index contributed by atoms with van der Waals surface area (Å²) in [6.07, 6.45) is 2.05. The molecule has 5 rings (SSSR count). The summed E-state index contributed by atoms with van der Waals surface area (Å²) in [5, 5.41) is 16.6. The van der Waals surface area contributed by atoms with E-state index in [1.807, 2.05) is 30.3 Å². The highest BCUT2D eigenvalue weighted by Gasteiger charge is 2.40. The predicted octanol–water partition coefficient (Wildman–Crippen LogP) is 4.38. The minimum Gasteiger partial charge on any atom is -0.481 e. The molecule has 2 fully saturated rings. The average Bonchev–Trinajstić information content (AvgIpc) is 3.36. The Labute approximate surface area is 241 Å². The van der Waals surface area contributed by atoms with Gasteiger partial charge in [-0.05, 0) is 54.8 Å². The number of amides is 3. The van der Waals surface area contributed by atoms with Gasteiger partial charge in [0, 0.05) is 24.0 Å². The number of fused-ring (bicyclic) bond motifs is 1. The number of rotatable bonds is 7. The van der Waals surface area contributed by atoms with E-state index >= 15 is 0 Å². The van der Waals surface area contributed by atoms with Crippen LogP contribution in [0.15, 0.2) is 54.7 Å². The van der Waals surface area contributed by atoms with Gasteiger partial charge in [0.15, 0.2) is 0 Å². The van der Waals surface area contributed by atoms with Crippen molar-refractivity contribution in [2.24, 2.45) is 5.92 Å². The van der Waals surface area contributed by atoms with Crippen molar-refractivity contribution in [1.82, 2.24) is 15.2 Å². The topological polar surface area (TPSA) is 129 Å². The number of nitrogens with zero attached hydrogens (tertiary/aromatic N) is 2. The zero-order valence-electron chi connectivity index (χ0n) is 22.2. The molecule has 0 unspecified atom stereocenters. The number of nitrogens with one attached hydrogen (secondary N) is 2. The van der Waals surface area contributed by atoms with E-state index in [-0.39, 0.29) is 36.1 Å². The molecule has 2 atom stereocenters. The smallest absolute Gasteiger partial charge is 0.306 e. The summed E-state index contributed by atoms with van der Waals surface area (Å²) in [7, 11) is 0. The van der Waals surface area contributed by atoms with Crippen LogP contribution < -0.4 is 10.6 Å². The van der Waals surface area contributed by atoms with Gasteiger partial charge in [-0.2, -0.15) is 0 Å². The van der Waals surface area contributed by atoms with E-state index in [2.05, 4.69) is 15.6 Å². The van der Waals surface area contributed by atoms with E-state index in [4.69, 9.17) is 11.6 Å². The summed E-state index contributed by atoms with van der Waals surface area (Å²) in [6, 6.07) is 12.9. The quantitative estimate of drug-likeness (QED) is 0.380. The molecule has 214 valence electrons. The van der Waals surface area contributed by atoms with Crippen LogP contribution in [0, 0.1) is 5.92 Å². The van der Waals surface area contributed by atoms with E-state index in [9.17, 15) is 28.7 Å². The van der Waals surface area contributed by atoms with Crippen LogP contribution in [0.25, 0.3) is 10.8 Å². The highest BCUT2D eigenvalue weighted by atomic mass is 35.5. The van der Waals surface area contributed by atoms with Gasteiger partial charge < -0.3 is 20.6 Å². The second-order valence-electron chi connectivity index (χ2n) is 10.6. The fourth-order valence-corrected chi connectivity index (χ4v) is 5.87. The zero-order chi connectivity index (χ0) is 29.1. The lowest BCUT2D eigenvalue weighted by Gasteiger charge is -2.30. The minimum absolute atomic E-state index is 0.0873. The van der Waals surface area contributed by atoms with Gasteiger partial charge in [-0.25, -0.2) is 4.39 Å². The molecular weight excluding hydrogens is 551 g/mol. The van der Waals surface area contributed by atoms with Crippen molar-refractivity contribution in [3.05, 3.63) is 71.0 Å². The van der Waals surface area contributed by atoms with Gasteiger partial charge in [0.25, 0.3) is 5.91 Å². The molecule has 0 bridgehead atoms. The fraction of sp³-hybridized carbons (Fsp3) is 0.367. The molecule has 1 saturated carbocycles. The van der Waals surface area contributed by atoms with E-state index in [0.29, 0.717) is 42.3 Å². The minimum atomic E-state index is -1.32. The number of anilines is 1. The van der Waals surface area contributed by atoms with Crippen LogP contribution in [-0.2, 0) is 20.8 Å². The van der Waals surface area contributed by atoms with Gasteiger partial charge in [0.2, 0.25) is 11.8 Å². The zero-order valence-corrected chi connectivity index (χ0v) is 22.9. The molecule has 2 aliphatic rings. The highest BCUT2D eigenvalue weighted by Crippen LogP contribution is 2.28. The number of halogens is 2. The Bertz CT molecular complexity index is 1490. The summed E-state index contributed by atoms with van der Waals surface area (Å²) < 4.78 is 14.4. The number of hydrogen-bond donors (Lipinski definition) is 3. The third-order valence-electron chi connectivity index (χ3n) is 7.82. The van der Waals surface area contributed by atoms with Crippen LogP contribution in [0.5, 0.6) is 0 Å². The number of alkyl halides is 1. The number of aliphatic carboxylic acids is 1. The monoisotopic (exact) mass is 580 g/mol. The van der Waals surface area contributed by atoms with Crippen LogP contribution in [0.3, 0.4) is 0 Å². The molecule has 1 aromatic heterocycles. The molecule has 0 radical (unpaired) electrons. The number of carboxylic acids is 1. The maximum atomic E-state index is 14.4. The van der Waals surface area contributed by atoms with Gasteiger partial charge in [0.1, 0.15) is 17.9 Å². The first-order valence-electron chi connectivity index (χ1n) is 13.6. The number of likely N-dealkylation sites (tertiary alicyclic amines) is 1. The average molecular weight is 581 g/mol.